The zero-order valence-corrected chi connectivity index (χ0v) is 13.0. The molecule has 1 fully saturated rings. The van der Waals surface area contributed by atoms with Gasteiger partial charge in [-0.2, -0.15) is 0 Å². The normalized spacial score (nSPS) is 29.5. The number of aryl methyl sites for hydroxylation is 1. The van der Waals surface area contributed by atoms with E-state index in [-0.39, 0.29) is 5.54 Å². The maximum atomic E-state index is 6.21. The van der Waals surface area contributed by atoms with Gasteiger partial charge >= 0.3 is 0 Å². The molecule has 0 aliphatic heterocycles. The van der Waals surface area contributed by atoms with Gasteiger partial charge in [-0.05, 0) is 48.8 Å². The van der Waals surface area contributed by atoms with Gasteiger partial charge in [0.25, 0.3) is 0 Å². The molecule has 106 valence electrons. The average molecular weight is 260 g/mol. The van der Waals surface area contributed by atoms with Gasteiger partial charge in [-0.3, -0.25) is 0 Å². The van der Waals surface area contributed by atoms with Crippen LogP contribution in [0.4, 0.5) is 5.69 Å². The molecule has 0 amide bonds. The molecule has 0 saturated heterocycles. The van der Waals surface area contributed by atoms with Crippen molar-refractivity contribution in [2.45, 2.75) is 46.1 Å². The van der Waals surface area contributed by atoms with Crippen LogP contribution in [0.3, 0.4) is 0 Å². The molecule has 2 heteroatoms. The van der Waals surface area contributed by atoms with Crippen LogP contribution in [-0.4, -0.2) is 19.1 Å². The van der Waals surface area contributed by atoms with Crippen LogP contribution in [0.25, 0.3) is 0 Å². The second kappa shape index (κ2) is 4.82. The fourth-order valence-corrected chi connectivity index (χ4v) is 4.05. The molecule has 1 aromatic rings. The minimum absolute atomic E-state index is 0.0945. The number of nitrogens with two attached hydrogens (primary N) is 1. The summed E-state index contributed by atoms with van der Waals surface area (Å²) >= 11 is 0. The van der Waals surface area contributed by atoms with Gasteiger partial charge in [0, 0.05) is 19.3 Å². The highest BCUT2D eigenvalue weighted by Gasteiger charge is 2.50. The molecule has 2 unspecified atom stereocenters. The quantitative estimate of drug-likeness (QED) is 0.900. The summed E-state index contributed by atoms with van der Waals surface area (Å²) in [5.41, 5.74) is 9.29. The summed E-state index contributed by atoms with van der Waals surface area (Å²) in [4.78, 5) is 2.43. The van der Waals surface area contributed by atoms with Crippen molar-refractivity contribution in [3.63, 3.8) is 0 Å². The molecule has 1 aliphatic carbocycles. The van der Waals surface area contributed by atoms with E-state index in [0.29, 0.717) is 11.3 Å². The van der Waals surface area contributed by atoms with Crippen LogP contribution in [0.15, 0.2) is 24.3 Å². The summed E-state index contributed by atoms with van der Waals surface area (Å²) in [6, 6.07) is 8.74. The van der Waals surface area contributed by atoms with Gasteiger partial charge in [0.1, 0.15) is 0 Å². The molecule has 1 aliphatic rings. The monoisotopic (exact) mass is 260 g/mol. The number of anilines is 1. The Morgan fingerprint density at radius 3 is 2.53 bits per heavy atom. The molecule has 2 nitrogen and oxygen atoms in total. The Morgan fingerprint density at radius 2 is 2.05 bits per heavy atom. The Hall–Kier alpha value is -1.02. The van der Waals surface area contributed by atoms with Crippen molar-refractivity contribution in [1.29, 1.82) is 0 Å². The van der Waals surface area contributed by atoms with Crippen molar-refractivity contribution in [3.05, 3.63) is 29.8 Å². The predicted octanol–water partition coefficient (Wildman–Crippen LogP) is 3.58. The van der Waals surface area contributed by atoms with E-state index >= 15 is 0 Å². The number of likely N-dealkylation sites (N-methyl/N-ethyl adjacent to an activating group) is 1. The van der Waals surface area contributed by atoms with Crippen LogP contribution in [0.2, 0.25) is 0 Å². The molecular weight excluding hydrogens is 232 g/mol. The Kier molecular flexibility index (Phi) is 3.65. The van der Waals surface area contributed by atoms with Crippen LogP contribution in [-0.2, 0) is 0 Å². The summed E-state index contributed by atoms with van der Waals surface area (Å²) in [7, 11) is 2.21. The maximum absolute atomic E-state index is 6.21. The number of benzene rings is 1. The van der Waals surface area contributed by atoms with E-state index in [1.54, 1.807) is 0 Å². The highest BCUT2D eigenvalue weighted by atomic mass is 15.2. The molecule has 0 aromatic heterocycles. The second-order valence-electron chi connectivity index (χ2n) is 7.15. The van der Waals surface area contributed by atoms with E-state index < -0.39 is 0 Å². The van der Waals surface area contributed by atoms with E-state index in [2.05, 4.69) is 63.9 Å². The summed E-state index contributed by atoms with van der Waals surface area (Å²) in [6.45, 7) is 9.96. The van der Waals surface area contributed by atoms with E-state index in [9.17, 15) is 0 Å². The van der Waals surface area contributed by atoms with Crippen molar-refractivity contribution >= 4 is 5.69 Å². The van der Waals surface area contributed by atoms with E-state index in [4.69, 9.17) is 5.73 Å². The Balaban J connectivity index is 2.37. The zero-order chi connectivity index (χ0) is 14.3. The fourth-order valence-electron chi connectivity index (χ4n) is 4.05. The number of nitrogens with zero attached hydrogens (tertiary/aromatic N) is 1. The topological polar surface area (TPSA) is 29.3 Å². The largest absolute Gasteiger partial charge is 0.367 e. The maximum Gasteiger partial charge on any atom is 0.0551 e. The van der Waals surface area contributed by atoms with Crippen LogP contribution >= 0.6 is 0 Å². The highest BCUT2D eigenvalue weighted by Crippen LogP contribution is 2.50. The van der Waals surface area contributed by atoms with Crippen molar-refractivity contribution in [2.24, 2.45) is 17.1 Å². The lowest BCUT2D eigenvalue weighted by Crippen LogP contribution is -2.54. The van der Waals surface area contributed by atoms with Gasteiger partial charge in [-0.25, -0.2) is 0 Å². The number of hydrogen-bond acceptors (Lipinski definition) is 2. The SMILES string of the molecule is Cc1cccc(N(C)C2(CN)CC(C)(C)CC2C)c1. The Bertz CT molecular complexity index is 452. The summed E-state index contributed by atoms with van der Waals surface area (Å²) in [6.07, 6.45) is 2.42. The molecule has 2 atom stereocenters. The first kappa shape index (κ1) is 14.4. The lowest BCUT2D eigenvalue weighted by Gasteiger charge is -2.44. The molecule has 1 aromatic carbocycles. The van der Waals surface area contributed by atoms with E-state index in [0.717, 1.165) is 6.54 Å². The van der Waals surface area contributed by atoms with Crippen LogP contribution in [0, 0.1) is 18.3 Å². The van der Waals surface area contributed by atoms with Gasteiger partial charge in [-0.15, -0.1) is 0 Å². The summed E-state index contributed by atoms with van der Waals surface area (Å²) < 4.78 is 0. The molecule has 0 bridgehead atoms. The molecule has 0 spiro atoms. The standard InChI is InChI=1S/C17H28N2/c1-13-7-6-8-15(9-13)19(5)17(12-18)11-16(3,4)10-14(17)2/h6-9,14H,10-12,18H2,1-5H3. The molecule has 0 radical (unpaired) electrons. The molecule has 2 rings (SSSR count). The summed E-state index contributed by atoms with van der Waals surface area (Å²) in [5, 5.41) is 0. The Morgan fingerprint density at radius 1 is 1.37 bits per heavy atom. The summed E-state index contributed by atoms with van der Waals surface area (Å²) in [5.74, 6) is 0.623. The molecular formula is C17H28N2. The minimum atomic E-state index is 0.0945. The van der Waals surface area contributed by atoms with E-state index in [1.807, 2.05) is 0 Å². The lowest BCUT2D eigenvalue weighted by atomic mass is 9.84. The third-order valence-corrected chi connectivity index (χ3v) is 4.97. The van der Waals surface area contributed by atoms with Crippen LogP contribution < -0.4 is 10.6 Å². The van der Waals surface area contributed by atoms with Gasteiger partial charge in [0.15, 0.2) is 0 Å². The first-order valence-electron chi connectivity index (χ1n) is 7.31. The van der Waals surface area contributed by atoms with Crippen molar-refractivity contribution in [1.82, 2.24) is 0 Å². The molecule has 1 saturated carbocycles. The van der Waals surface area contributed by atoms with Crippen molar-refractivity contribution in [2.75, 3.05) is 18.5 Å². The molecule has 2 N–H and O–H groups in total. The third kappa shape index (κ3) is 2.51. The molecule has 0 heterocycles. The fraction of sp³-hybridized carbons (Fsp3) is 0.647. The average Bonchev–Trinajstić information content (AvgIpc) is 2.58. The minimum Gasteiger partial charge on any atom is -0.367 e. The first-order valence-corrected chi connectivity index (χ1v) is 7.31. The Labute approximate surface area is 118 Å². The zero-order valence-electron chi connectivity index (χ0n) is 13.0. The van der Waals surface area contributed by atoms with Gasteiger partial charge in [0.05, 0.1) is 5.54 Å². The van der Waals surface area contributed by atoms with Crippen molar-refractivity contribution in [3.8, 4) is 0 Å². The smallest absolute Gasteiger partial charge is 0.0551 e. The number of rotatable bonds is 3. The molecule has 19 heavy (non-hydrogen) atoms. The predicted molar refractivity (Wildman–Crippen MR) is 83.5 cm³/mol. The number of hydrogen-bond donors (Lipinski definition) is 1. The highest BCUT2D eigenvalue weighted by molar-refractivity contribution is 5.51. The lowest BCUT2D eigenvalue weighted by molar-refractivity contribution is 0.316. The van der Waals surface area contributed by atoms with Gasteiger partial charge < -0.3 is 10.6 Å². The van der Waals surface area contributed by atoms with Gasteiger partial charge in [0.2, 0.25) is 0 Å². The third-order valence-electron chi connectivity index (χ3n) is 4.97. The van der Waals surface area contributed by atoms with Crippen LogP contribution in [0.5, 0.6) is 0 Å². The first-order chi connectivity index (χ1) is 8.81. The van der Waals surface area contributed by atoms with Crippen molar-refractivity contribution < 1.29 is 0 Å². The second-order valence-corrected chi connectivity index (χ2v) is 7.15. The van der Waals surface area contributed by atoms with E-state index in [1.165, 1.54) is 24.1 Å². The van der Waals surface area contributed by atoms with Gasteiger partial charge in [-0.1, -0.05) is 32.9 Å². The van der Waals surface area contributed by atoms with Crippen LogP contribution in [0.1, 0.15) is 39.2 Å².